The lowest BCUT2D eigenvalue weighted by Crippen LogP contribution is -1.99. The molecule has 0 saturated carbocycles. The summed E-state index contributed by atoms with van der Waals surface area (Å²) in [5.41, 5.74) is 1.02. The van der Waals surface area contributed by atoms with Gasteiger partial charge in [-0.15, -0.1) is 0 Å². The number of nitrogens with zero attached hydrogens (tertiary/aromatic N) is 4. The van der Waals surface area contributed by atoms with Crippen molar-refractivity contribution in [3.05, 3.63) is 30.5 Å². The highest BCUT2D eigenvalue weighted by molar-refractivity contribution is 6.99. The van der Waals surface area contributed by atoms with Crippen LogP contribution in [0.15, 0.2) is 24.9 Å². The number of hydrogen-bond donors (Lipinski definition) is 1. The first-order valence-corrected chi connectivity index (χ1v) is 4.43. The smallest absolute Gasteiger partial charge is 0.160 e. The zero-order chi connectivity index (χ0) is 8.93. The van der Waals surface area contributed by atoms with E-state index < -0.39 is 0 Å². The van der Waals surface area contributed by atoms with Crippen LogP contribution in [0.1, 0.15) is 5.56 Å². The van der Waals surface area contributed by atoms with Crippen LogP contribution in [0.2, 0.25) is 0 Å². The molecule has 6 heteroatoms. The van der Waals surface area contributed by atoms with Gasteiger partial charge in [0.25, 0.3) is 0 Å². The van der Waals surface area contributed by atoms with Crippen LogP contribution in [0.25, 0.3) is 0 Å². The zero-order valence-corrected chi connectivity index (χ0v) is 7.53. The Morgan fingerprint density at radius 1 is 1.23 bits per heavy atom. The van der Waals surface area contributed by atoms with Gasteiger partial charge in [0.05, 0.1) is 17.9 Å². The van der Waals surface area contributed by atoms with Gasteiger partial charge in [0.15, 0.2) is 5.82 Å². The molecule has 1 N–H and O–H groups in total. The van der Waals surface area contributed by atoms with E-state index in [0.717, 1.165) is 11.4 Å². The molecular formula is C7H7N5S. The lowest BCUT2D eigenvalue weighted by Gasteiger charge is -1.99. The Morgan fingerprint density at radius 2 is 2.08 bits per heavy atom. The Labute approximate surface area is 79.2 Å². The molecule has 0 atom stereocenters. The van der Waals surface area contributed by atoms with E-state index in [9.17, 15) is 0 Å². The Hall–Kier alpha value is -1.56. The Kier molecular flexibility index (Phi) is 2.42. The van der Waals surface area contributed by atoms with E-state index in [0.29, 0.717) is 6.54 Å². The van der Waals surface area contributed by atoms with Gasteiger partial charge < -0.3 is 5.32 Å². The van der Waals surface area contributed by atoms with E-state index in [1.807, 2.05) is 0 Å². The van der Waals surface area contributed by atoms with Crippen LogP contribution >= 0.6 is 11.7 Å². The molecule has 0 aliphatic carbocycles. The van der Waals surface area contributed by atoms with Crippen LogP contribution in [0, 0.1) is 0 Å². The molecule has 2 aromatic rings. The third-order valence-electron chi connectivity index (χ3n) is 1.45. The van der Waals surface area contributed by atoms with Crippen molar-refractivity contribution in [1.29, 1.82) is 0 Å². The quantitative estimate of drug-likeness (QED) is 0.786. The van der Waals surface area contributed by atoms with E-state index in [2.05, 4.69) is 24.0 Å². The molecule has 2 heterocycles. The molecule has 13 heavy (non-hydrogen) atoms. The summed E-state index contributed by atoms with van der Waals surface area (Å²) in [6.45, 7) is 0.673. The van der Waals surface area contributed by atoms with Gasteiger partial charge in [-0.3, -0.25) is 0 Å². The van der Waals surface area contributed by atoms with Crippen LogP contribution in [0.5, 0.6) is 0 Å². The Balaban J connectivity index is 1.94. The SMILES string of the molecule is c1ncc(CNc2cnsn2)cn1. The second kappa shape index (κ2) is 3.90. The average Bonchev–Trinajstić information content (AvgIpc) is 2.69. The van der Waals surface area contributed by atoms with Crippen molar-refractivity contribution in [3.63, 3.8) is 0 Å². The lowest BCUT2D eigenvalue weighted by molar-refractivity contribution is 1.04. The first-order chi connectivity index (χ1) is 6.45. The van der Waals surface area contributed by atoms with Gasteiger partial charge in [0, 0.05) is 24.5 Å². The molecule has 0 aliphatic rings. The minimum Gasteiger partial charge on any atom is -0.364 e. The van der Waals surface area contributed by atoms with Crippen molar-refractivity contribution in [1.82, 2.24) is 18.7 Å². The second-order valence-corrected chi connectivity index (χ2v) is 2.95. The van der Waals surface area contributed by atoms with Gasteiger partial charge >= 0.3 is 0 Å². The lowest BCUT2D eigenvalue weighted by atomic mass is 10.3. The van der Waals surface area contributed by atoms with E-state index in [1.54, 1.807) is 18.6 Å². The van der Waals surface area contributed by atoms with Crippen molar-refractivity contribution in [2.75, 3.05) is 5.32 Å². The van der Waals surface area contributed by atoms with Gasteiger partial charge in [-0.05, 0) is 0 Å². The first-order valence-electron chi connectivity index (χ1n) is 3.70. The maximum atomic E-state index is 4.01. The number of aromatic nitrogens is 4. The van der Waals surface area contributed by atoms with Crippen LogP contribution in [0.3, 0.4) is 0 Å². The second-order valence-electron chi connectivity index (χ2n) is 2.39. The molecule has 0 bridgehead atoms. The van der Waals surface area contributed by atoms with Gasteiger partial charge in [-0.25, -0.2) is 9.97 Å². The van der Waals surface area contributed by atoms with Crippen molar-refractivity contribution >= 4 is 17.5 Å². The fraction of sp³-hybridized carbons (Fsp3) is 0.143. The molecule has 2 rings (SSSR count). The van der Waals surface area contributed by atoms with Crippen molar-refractivity contribution < 1.29 is 0 Å². The van der Waals surface area contributed by atoms with Crippen molar-refractivity contribution in [3.8, 4) is 0 Å². The Morgan fingerprint density at radius 3 is 2.77 bits per heavy atom. The molecule has 0 aliphatic heterocycles. The molecule has 0 spiro atoms. The normalized spacial score (nSPS) is 9.85. The molecule has 5 nitrogen and oxygen atoms in total. The van der Waals surface area contributed by atoms with Crippen LogP contribution in [-0.4, -0.2) is 18.7 Å². The maximum absolute atomic E-state index is 4.01. The zero-order valence-electron chi connectivity index (χ0n) is 6.71. The summed E-state index contributed by atoms with van der Waals surface area (Å²) in [6.07, 6.45) is 6.72. The minimum absolute atomic E-state index is 0.673. The molecule has 66 valence electrons. The number of rotatable bonds is 3. The first kappa shape index (κ1) is 8.06. The summed E-state index contributed by atoms with van der Waals surface area (Å²) in [4.78, 5) is 7.80. The fourth-order valence-corrected chi connectivity index (χ4v) is 1.25. The highest BCUT2D eigenvalue weighted by Gasteiger charge is 1.95. The van der Waals surface area contributed by atoms with Crippen LogP contribution in [-0.2, 0) is 6.54 Å². The highest BCUT2D eigenvalue weighted by atomic mass is 32.1. The van der Waals surface area contributed by atoms with Gasteiger partial charge in [-0.1, -0.05) is 0 Å². The fourth-order valence-electron chi connectivity index (χ4n) is 0.856. The summed E-state index contributed by atoms with van der Waals surface area (Å²) in [5, 5.41) is 3.10. The van der Waals surface area contributed by atoms with Crippen molar-refractivity contribution in [2.45, 2.75) is 6.54 Å². The summed E-state index contributed by atoms with van der Waals surface area (Å²) in [6, 6.07) is 0. The summed E-state index contributed by atoms with van der Waals surface area (Å²) < 4.78 is 7.88. The molecule has 2 aromatic heterocycles. The average molecular weight is 193 g/mol. The number of anilines is 1. The molecular weight excluding hydrogens is 186 g/mol. The molecule has 0 unspecified atom stereocenters. The molecule has 0 radical (unpaired) electrons. The Bertz CT molecular complexity index is 346. The minimum atomic E-state index is 0.673. The highest BCUT2D eigenvalue weighted by Crippen LogP contribution is 2.03. The summed E-state index contributed by atoms with van der Waals surface area (Å²) >= 11 is 1.18. The van der Waals surface area contributed by atoms with E-state index >= 15 is 0 Å². The molecule has 0 saturated heterocycles. The number of hydrogen-bond acceptors (Lipinski definition) is 6. The van der Waals surface area contributed by atoms with Crippen LogP contribution in [0.4, 0.5) is 5.82 Å². The topological polar surface area (TPSA) is 63.6 Å². The van der Waals surface area contributed by atoms with E-state index in [1.165, 1.54) is 18.1 Å². The summed E-state index contributed by atoms with van der Waals surface area (Å²) in [5.74, 6) is 0.786. The van der Waals surface area contributed by atoms with E-state index in [-0.39, 0.29) is 0 Å². The van der Waals surface area contributed by atoms with Crippen LogP contribution < -0.4 is 5.32 Å². The molecule has 0 aromatic carbocycles. The van der Waals surface area contributed by atoms with E-state index in [4.69, 9.17) is 0 Å². The predicted molar refractivity (Wildman–Crippen MR) is 49.3 cm³/mol. The third kappa shape index (κ3) is 2.19. The summed E-state index contributed by atoms with van der Waals surface area (Å²) in [7, 11) is 0. The predicted octanol–water partition coefficient (Wildman–Crippen LogP) is 0.940. The third-order valence-corrected chi connectivity index (χ3v) is 1.93. The maximum Gasteiger partial charge on any atom is 0.160 e. The molecule has 0 fully saturated rings. The largest absolute Gasteiger partial charge is 0.364 e. The number of nitrogens with one attached hydrogen (secondary N) is 1. The molecule has 0 amide bonds. The van der Waals surface area contributed by atoms with Gasteiger partial charge in [0.2, 0.25) is 0 Å². The van der Waals surface area contributed by atoms with Gasteiger partial charge in [-0.2, -0.15) is 8.75 Å². The standard InChI is InChI=1S/C7H7N5S/c1-6(2-9-5-8-1)3-10-7-4-11-13-12-7/h1-2,4-5H,3H2,(H,10,12). The van der Waals surface area contributed by atoms with Gasteiger partial charge in [0.1, 0.15) is 6.33 Å². The van der Waals surface area contributed by atoms with Crippen molar-refractivity contribution in [2.24, 2.45) is 0 Å². The monoisotopic (exact) mass is 193 g/mol.